The maximum Gasteiger partial charge on any atom is 0.412 e. The van der Waals surface area contributed by atoms with Gasteiger partial charge in [0.05, 0.1) is 19.6 Å². The van der Waals surface area contributed by atoms with Crippen LogP contribution < -0.4 is 10.1 Å². The van der Waals surface area contributed by atoms with Gasteiger partial charge in [0, 0.05) is 6.54 Å². The first kappa shape index (κ1) is 14.0. The Kier molecular flexibility index (Phi) is 6.27. The molecule has 0 saturated carbocycles. The zero-order valence-corrected chi connectivity index (χ0v) is 9.80. The number of amides is 1. The molecule has 0 atom stereocenters. The smallest absolute Gasteiger partial charge is 0.412 e. The number of carbonyl (C=O) groups is 2. The van der Waals surface area contributed by atoms with Crippen molar-refractivity contribution in [3.05, 3.63) is 30.3 Å². The minimum atomic E-state index is -0.911. The average molecular weight is 253 g/mol. The predicted molar refractivity (Wildman–Crippen MR) is 63.5 cm³/mol. The number of aliphatic carboxylic acids is 1. The van der Waals surface area contributed by atoms with Gasteiger partial charge in [-0.25, -0.2) is 4.79 Å². The molecule has 0 aliphatic carbocycles. The first-order valence-corrected chi connectivity index (χ1v) is 5.49. The van der Waals surface area contributed by atoms with Gasteiger partial charge in [-0.2, -0.15) is 0 Å². The summed E-state index contributed by atoms with van der Waals surface area (Å²) < 4.78 is 9.95. The fourth-order valence-electron chi connectivity index (χ4n) is 1.12. The summed E-state index contributed by atoms with van der Waals surface area (Å²) in [6.07, 6.45) is -0.614. The molecule has 0 saturated heterocycles. The van der Waals surface area contributed by atoms with Crippen LogP contribution in [0, 0.1) is 0 Å². The third kappa shape index (κ3) is 6.49. The number of carboxylic acid groups (broad SMARTS) is 1. The molecule has 1 rings (SSSR count). The van der Waals surface area contributed by atoms with Gasteiger partial charge in [-0.1, -0.05) is 18.2 Å². The van der Waals surface area contributed by atoms with Crippen molar-refractivity contribution in [3.63, 3.8) is 0 Å². The number of para-hydroxylation sites is 1. The lowest BCUT2D eigenvalue weighted by atomic mass is 10.3. The SMILES string of the molecule is O=C(O)CCOCCNC(=O)Oc1ccccc1. The Labute approximate surface area is 105 Å². The summed E-state index contributed by atoms with van der Waals surface area (Å²) in [5.74, 6) is -0.451. The van der Waals surface area contributed by atoms with E-state index in [4.69, 9.17) is 14.6 Å². The van der Waals surface area contributed by atoms with Crippen molar-refractivity contribution in [2.75, 3.05) is 19.8 Å². The molecule has 6 heteroatoms. The number of rotatable bonds is 7. The van der Waals surface area contributed by atoms with Crippen molar-refractivity contribution >= 4 is 12.1 Å². The summed E-state index contributed by atoms with van der Waals surface area (Å²) in [7, 11) is 0. The molecule has 0 fully saturated rings. The van der Waals surface area contributed by atoms with Crippen LogP contribution in [0.1, 0.15) is 6.42 Å². The lowest BCUT2D eigenvalue weighted by molar-refractivity contribution is -0.138. The molecule has 0 aliphatic heterocycles. The Hall–Kier alpha value is -2.08. The number of nitrogens with one attached hydrogen (secondary N) is 1. The van der Waals surface area contributed by atoms with Gasteiger partial charge < -0.3 is 19.9 Å². The standard InChI is InChI=1S/C12H15NO5/c14-11(15)6-8-17-9-7-13-12(16)18-10-4-2-1-3-5-10/h1-5H,6-9H2,(H,13,16)(H,14,15). The largest absolute Gasteiger partial charge is 0.481 e. The maximum atomic E-state index is 11.3. The highest BCUT2D eigenvalue weighted by molar-refractivity contribution is 5.70. The van der Waals surface area contributed by atoms with Crippen molar-refractivity contribution < 1.29 is 24.2 Å². The van der Waals surface area contributed by atoms with E-state index in [0.29, 0.717) is 5.75 Å². The van der Waals surface area contributed by atoms with Crippen LogP contribution in [-0.4, -0.2) is 36.9 Å². The highest BCUT2D eigenvalue weighted by Crippen LogP contribution is 2.07. The molecular weight excluding hydrogens is 238 g/mol. The lowest BCUT2D eigenvalue weighted by Crippen LogP contribution is -2.30. The zero-order chi connectivity index (χ0) is 13.2. The van der Waals surface area contributed by atoms with E-state index in [-0.39, 0.29) is 26.2 Å². The first-order chi connectivity index (χ1) is 8.68. The first-order valence-electron chi connectivity index (χ1n) is 5.49. The number of carboxylic acids is 1. The van der Waals surface area contributed by atoms with Crippen LogP contribution in [0.5, 0.6) is 5.75 Å². The topological polar surface area (TPSA) is 84.9 Å². The van der Waals surface area contributed by atoms with Gasteiger partial charge in [0.1, 0.15) is 5.75 Å². The Morgan fingerprint density at radius 3 is 2.56 bits per heavy atom. The molecule has 0 spiro atoms. The number of ether oxygens (including phenoxy) is 2. The van der Waals surface area contributed by atoms with Gasteiger partial charge in [0.25, 0.3) is 0 Å². The molecular formula is C12H15NO5. The maximum absolute atomic E-state index is 11.3. The number of carbonyl (C=O) groups excluding carboxylic acids is 1. The van der Waals surface area contributed by atoms with Crippen LogP contribution in [-0.2, 0) is 9.53 Å². The van der Waals surface area contributed by atoms with E-state index in [1.807, 2.05) is 6.07 Å². The lowest BCUT2D eigenvalue weighted by Gasteiger charge is -2.06. The van der Waals surface area contributed by atoms with Gasteiger partial charge >= 0.3 is 12.1 Å². The summed E-state index contributed by atoms with van der Waals surface area (Å²) >= 11 is 0. The van der Waals surface area contributed by atoms with Gasteiger partial charge in [-0.05, 0) is 12.1 Å². The summed E-state index contributed by atoms with van der Waals surface area (Å²) in [6, 6.07) is 8.68. The molecule has 0 heterocycles. The summed E-state index contributed by atoms with van der Waals surface area (Å²) in [4.78, 5) is 21.4. The van der Waals surface area contributed by atoms with E-state index >= 15 is 0 Å². The quantitative estimate of drug-likeness (QED) is 0.715. The van der Waals surface area contributed by atoms with Crippen LogP contribution in [0.15, 0.2) is 30.3 Å². The van der Waals surface area contributed by atoms with E-state index < -0.39 is 12.1 Å². The Bertz CT molecular complexity index is 379. The van der Waals surface area contributed by atoms with E-state index in [9.17, 15) is 9.59 Å². The normalized spacial score (nSPS) is 9.78. The number of hydrogen-bond acceptors (Lipinski definition) is 4. The van der Waals surface area contributed by atoms with Crippen molar-refractivity contribution in [2.45, 2.75) is 6.42 Å². The molecule has 1 aromatic rings. The fraction of sp³-hybridized carbons (Fsp3) is 0.333. The van der Waals surface area contributed by atoms with Crippen molar-refractivity contribution in [1.29, 1.82) is 0 Å². The Morgan fingerprint density at radius 1 is 1.17 bits per heavy atom. The summed E-state index contributed by atoms with van der Waals surface area (Å²) in [5.41, 5.74) is 0. The number of benzene rings is 1. The second kappa shape index (κ2) is 8.08. The Balaban J connectivity index is 2.05. The molecule has 0 aliphatic rings. The Morgan fingerprint density at radius 2 is 1.89 bits per heavy atom. The van der Waals surface area contributed by atoms with E-state index in [0.717, 1.165) is 0 Å². The third-order valence-electron chi connectivity index (χ3n) is 1.93. The molecule has 0 unspecified atom stereocenters. The van der Waals surface area contributed by atoms with Crippen molar-refractivity contribution in [2.24, 2.45) is 0 Å². The van der Waals surface area contributed by atoms with Crippen molar-refractivity contribution in [3.8, 4) is 5.75 Å². The molecule has 18 heavy (non-hydrogen) atoms. The van der Waals surface area contributed by atoms with E-state index in [1.165, 1.54) is 0 Å². The van der Waals surface area contributed by atoms with Crippen LogP contribution in [0.3, 0.4) is 0 Å². The molecule has 0 radical (unpaired) electrons. The molecule has 98 valence electrons. The van der Waals surface area contributed by atoms with E-state index in [2.05, 4.69) is 5.32 Å². The zero-order valence-electron chi connectivity index (χ0n) is 9.80. The third-order valence-corrected chi connectivity index (χ3v) is 1.93. The molecule has 1 aromatic carbocycles. The average Bonchev–Trinajstić information content (AvgIpc) is 2.34. The van der Waals surface area contributed by atoms with Crippen LogP contribution in [0.25, 0.3) is 0 Å². The van der Waals surface area contributed by atoms with Gasteiger partial charge in [0.15, 0.2) is 0 Å². The van der Waals surface area contributed by atoms with Crippen molar-refractivity contribution in [1.82, 2.24) is 5.32 Å². The second-order valence-electron chi connectivity index (χ2n) is 3.39. The molecule has 2 N–H and O–H groups in total. The van der Waals surface area contributed by atoms with E-state index in [1.54, 1.807) is 24.3 Å². The highest BCUT2D eigenvalue weighted by atomic mass is 16.6. The van der Waals surface area contributed by atoms with Crippen LogP contribution in [0.2, 0.25) is 0 Å². The highest BCUT2D eigenvalue weighted by Gasteiger charge is 2.02. The van der Waals surface area contributed by atoms with Gasteiger partial charge in [-0.3, -0.25) is 4.79 Å². The molecule has 0 bridgehead atoms. The molecule has 6 nitrogen and oxygen atoms in total. The minimum Gasteiger partial charge on any atom is -0.481 e. The predicted octanol–water partition coefficient (Wildman–Crippen LogP) is 1.27. The minimum absolute atomic E-state index is 0.0472. The fourth-order valence-corrected chi connectivity index (χ4v) is 1.12. The van der Waals surface area contributed by atoms with Crippen LogP contribution in [0.4, 0.5) is 4.79 Å². The number of hydrogen-bond donors (Lipinski definition) is 2. The van der Waals surface area contributed by atoms with Gasteiger partial charge in [-0.15, -0.1) is 0 Å². The van der Waals surface area contributed by atoms with Gasteiger partial charge in [0.2, 0.25) is 0 Å². The summed E-state index contributed by atoms with van der Waals surface area (Å²) in [6.45, 7) is 0.646. The van der Waals surface area contributed by atoms with Crippen LogP contribution >= 0.6 is 0 Å². The summed E-state index contributed by atoms with van der Waals surface area (Å²) in [5, 5.41) is 10.8. The molecule has 0 aromatic heterocycles. The monoisotopic (exact) mass is 253 g/mol. The molecule has 1 amide bonds. The second-order valence-corrected chi connectivity index (χ2v) is 3.39.